The van der Waals surface area contributed by atoms with Crippen molar-refractivity contribution in [2.75, 3.05) is 18.9 Å². The monoisotopic (exact) mass is 624 g/mol. The van der Waals surface area contributed by atoms with E-state index in [0.717, 1.165) is 31.0 Å². The van der Waals surface area contributed by atoms with Crippen LogP contribution in [-0.2, 0) is 15.8 Å². The van der Waals surface area contributed by atoms with Crippen molar-refractivity contribution >= 4 is 23.6 Å². The lowest BCUT2D eigenvalue weighted by Crippen LogP contribution is -2.47. The third kappa shape index (κ3) is 5.34. The summed E-state index contributed by atoms with van der Waals surface area (Å²) >= 11 is 0. The second-order valence-electron chi connectivity index (χ2n) is 11.9. The number of nitrogens with two attached hydrogens (primary N) is 3. The van der Waals surface area contributed by atoms with Gasteiger partial charge in [-0.25, -0.2) is 9.37 Å². The number of hydrogen-bond donors (Lipinski definition) is 4. The molecule has 0 spiro atoms. The summed E-state index contributed by atoms with van der Waals surface area (Å²) in [4.78, 5) is 20.6. The predicted molar refractivity (Wildman–Crippen MR) is 156 cm³/mol. The van der Waals surface area contributed by atoms with Crippen LogP contribution in [0.1, 0.15) is 48.1 Å². The maximum absolute atomic E-state index is 14.8. The minimum Gasteiger partial charge on any atom is -0.858 e. The summed E-state index contributed by atoms with van der Waals surface area (Å²) in [6.07, 6.45) is -0.714. The quantitative estimate of drug-likeness (QED) is 0.122. The number of carbonyl (C=O) groups excluding carboxylic acids is 1. The Morgan fingerprint density at radius 3 is 2.40 bits per heavy atom. The van der Waals surface area contributed by atoms with Crippen LogP contribution in [0.2, 0.25) is 0 Å². The van der Waals surface area contributed by atoms with E-state index in [9.17, 15) is 32.6 Å². The Bertz CT molecular complexity index is 1730. The third-order valence-electron chi connectivity index (χ3n) is 8.78. The number of primary amides is 1. The van der Waals surface area contributed by atoms with Crippen LogP contribution in [-0.4, -0.2) is 41.2 Å². The zero-order valence-electron chi connectivity index (χ0n) is 23.9. The van der Waals surface area contributed by atoms with Crippen LogP contribution in [0.25, 0.3) is 17.3 Å². The molecular weight excluding hydrogens is 594 g/mol. The molecule has 45 heavy (non-hydrogen) atoms. The molecule has 7 N–H and O–H groups in total. The molecule has 2 aromatic carbocycles. The Hall–Kier alpha value is -4.65. The number of amides is 1. The first kappa shape index (κ1) is 30.4. The van der Waals surface area contributed by atoms with E-state index in [0.29, 0.717) is 29.8 Å². The number of rotatable bonds is 9. The number of allylic oxidation sites excluding steroid dienone is 1. The van der Waals surface area contributed by atoms with E-state index in [4.69, 9.17) is 21.9 Å². The van der Waals surface area contributed by atoms with Crippen molar-refractivity contribution in [3.05, 3.63) is 82.4 Å². The van der Waals surface area contributed by atoms with Gasteiger partial charge in [0, 0.05) is 22.5 Å². The average molecular weight is 625 g/mol. The van der Waals surface area contributed by atoms with Gasteiger partial charge in [-0.1, -0.05) is 6.07 Å². The van der Waals surface area contributed by atoms with Gasteiger partial charge in [0.25, 0.3) is 0 Å². The largest absolute Gasteiger partial charge is 0.858 e. The van der Waals surface area contributed by atoms with Gasteiger partial charge < -0.3 is 32.2 Å². The summed E-state index contributed by atoms with van der Waals surface area (Å²) in [6, 6.07) is 9.82. The van der Waals surface area contributed by atoms with Crippen molar-refractivity contribution in [2.45, 2.75) is 42.9 Å². The summed E-state index contributed by atoms with van der Waals surface area (Å²) in [6.45, 7) is -1.67. The van der Waals surface area contributed by atoms with Gasteiger partial charge in [-0.15, -0.1) is 0 Å². The smallest absolute Gasteiger partial charge is 0.424 e. The number of aromatic nitrogens is 1. The Morgan fingerprint density at radius 2 is 1.80 bits per heavy atom. The molecule has 3 aromatic rings. The van der Waals surface area contributed by atoms with Crippen LogP contribution in [0.3, 0.4) is 0 Å². The fourth-order valence-electron chi connectivity index (χ4n) is 5.75. The number of halogens is 4. The van der Waals surface area contributed by atoms with Crippen molar-refractivity contribution in [1.29, 1.82) is 0 Å². The molecule has 0 unspecified atom stereocenters. The number of alkyl halides is 3. The number of benzene rings is 2. The summed E-state index contributed by atoms with van der Waals surface area (Å²) in [7, 11) is 0. The minimum atomic E-state index is -5.37. The maximum atomic E-state index is 14.8. The van der Waals surface area contributed by atoms with Crippen LogP contribution in [0.4, 0.5) is 23.2 Å². The molecule has 0 bridgehead atoms. The van der Waals surface area contributed by atoms with Gasteiger partial charge in [-0.2, -0.15) is 13.2 Å². The number of nitrogens with zero attached hydrogens (tertiary/aromatic N) is 2. The van der Waals surface area contributed by atoms with E-state index in [1.165, 1.54) is 30.3 Å². The zero-order valence-corrected chi connectivity index (χ0v) is 23.9. The molecule has 2 heterocycles. The maximum Gasteiger partial charge on any atom is 0.424 e. The number of ether oxygens (including phenoxy) is 1. The molecule has 1 aliphatic heterocycles. The molecule has 2 fully saturated rings. The van der Waals surface area contributed by atoms with Crippen molar-refractivity contribution in [3.63, 3.8) is 0 Å². The zero-order chi connectivity index (χ0) is 32.3. The third-order valence-corrected chi connectivity index (χ3v) is 8.78. The van der Waals surface area contributed by atoms with Crippen LogP contribution in [0.5, 0.6) is 5.75 Å². The lowest BCUT2D eigenvalue weighted by Gasteiger charge is -2.31. The summed E-state index contributed by atoms with van der Waals surface area (Å²) in [5, 5.41) is 24.4. The Labute approximate surface area is 255 Å². The molecule has 0 radical (unpaired) electrons. The van der Waals surface area contributed by atoms with Crippen molar-refractivity contribution < 1.29 is 37.3 Å². The molecule has 9 nitrogen and oxygen atoms in total. The molecule has 1 aromatic heterocycles. The fraction of sp³-hybridized carbons (Fsp3) is 0.344. The lowest BCUT2D eigenvalue weighted by molar-refractivity contribution is -0.264. The molecule has 2 saturated carbocycles. The van der Waals surface area contributed by atoms with Gasteiger partial charge in [0.2, 0.25) is 11.5 Å². The highest BCUT2D eigenvalue weighted by Gasteiger charge is 2.60. The number of anilines is 1. The normalized spacial score (nSPS) is 21.6. The second kappa shape index (κ2) is 10.8. The Kier molecular flexibility index (Phi) is 7.26. The van der Waals surface area contributed by atoms with Gasteiger partial charge >= 0.3 is 6.18 Å². The SMILES string of the molecule is NC(=O)[C@@]1(C2CC2)COc2c1cc([C@@](O)(CN=C([O-])c1ccc(N)c(/C=C(\N)C3CC3)c1)C(F)(F)F)nc2-c1ccc(F)cc1. The Balaban J connectivity index is 1.45. The van der Waals surface area contributed by atoms with Gasteiger partial charge in [-0.3, -0.25) is 9.79 Å². The summed E-state index contributed by atoms with van der Waals surface area (Å²) in [5.74, 6) is -2.49. The fourth-order valence-corrected chi connectivity index (χ4v) is 5.75. The molecule has 1 amide bonds. The first-order chi connectivity index (χ1) is 21.2. The molecule has 0 saturated heterocycles. The first-order valence-electron chi connectivity index (χ1n) is 14.4. The lowest BCUT2D eigenvalue weighted by atomic mass is 9.76. The van der Waals surface area contributed by atoms with E-state index < -0.39 is 47.1 Å². The number of fused-ring (bicyclic) bond motifs is 1. The van der Waals surface area contributed by atoms with Crippen molar-refractivity contribution in [1.82, 2.24) is 4.98 Å². The first-order valence-corrected chi connectivity index (χ1v) is 14.4. The molecule has 6 rings (SSSR count). The molecular formula is C32H30F4N5O4-. The highest BCUT2D eigenvalue weighted by atomic mass is 19.4. The van der Waals surface area contributed by atoms with Gasteiger partial charge in [0.1, 0.15) is 29.3 Å². The van der Waals surface area contributed by atoms with E-state index in [2.05, 4.69) is 9.98 Å². The molecule has 3 aliphatic rings. The van der Waals surface area contributed by atoms with Gasteiger partial charge in [-0.05, 0) is 103 Å². The van der Waals surface area contributed by atoms with Gasteiger partial charge in [0.15, 0.2) is 0 Å². The number of aliphatic imine (C=N–C) groups is 1. The standard InChI is InChI=1S/C32H31F4N5O4/c33-21-8-3-17(4-9-21)26-27-22(30(15-45-27,29(39)43)20-6-7-20)13-25(41-26)31(44,32(34,35)36)14-40-28(42)18-5-10-23(37)19(11-18)12-24(38)16-1-2-16/h3-5,8-13,16,20,44H,1-2,6-7,14-15,37-38H2,(H2,39,43)(H,40,42)/p-1/b24-12-/t30-,31+/m1/s1. The number of hydrogen-bond acceptors (Lipinski definition) is 8. The summed E-state index contributed by atoms with van der Waals surface area (Å²) in [5.41, 5.74) is 13.1. The highest BCUT2D eigenvalue weighted by molar-refractivity contribution is 5.93. The Morgan fingerprint density at radius 1 is 1.11 bits per heavy atom. The average Bonchev–Trinajstić information content (AvgIpc) is 3.93. The highest BCUT2D eigenvalue weighted by Crippen LogP contribution is 2.56. The van der Waals surface area contributed by atoms with Gasteiger partial charge in [0.05, 0.1) is 12.2 Å². The molecule has 236 valence electrons. The second-order valence-corrected chi connectivity index (χ2v) is 11.9. The van der Waals surface area contributed by atoms with E-state index in [-0.39, 0.29) is 46.6 Å². The number of aliphatic hydroxyl groups is 1. The van der Waals surface area contributed by atoms with Crippen LogP contribution < -0.4 is 27.0 Å². The number of nitrogen functional groups attached to an aromatic ring is 1. The van der Waals surface area contributed by atoms with E-state index in [1.54, 1.807) is 6.08 Å². The molecule has 2 aliphatic carbocycles. The molecule has 13 heteroatoms. The minimum absolute atomic E-state index is 0.0153. The number of carbonyl (C=O) groups is 1. The molecule has 2 atom stereocenters. The topological polar surface area (TPSA) is 173 Å². The summed E-state index contributed by atoms with van der Waals surface area (Å²) < 4.78 is 63.9. The predicted octanol–water partition coefficient (Wildman–Crippen LogP) is 3.26. The van der Waals surface area contributed by atoms with E-state index in [1.807, 2.05) is 0 Å². The van der Waals surface area contributed by atoms with Crippen LogP contribution in [0.15, 0.2) is 59.2 Å². The van der Waals surface area contributed by atoms with Crippen LogP contribution >= 0.6 is 0 Å². The van der Waals surface area contributed by atoms with Crippen molar-refractivity contribution in [3.8, 4) is 17.0 Å². The van der Waals surface area contributed by atoms with E-state index >= 15 is 0 Å². The van der Waals surface area contributed by atoms with Crippen LogP contribution in [0, 0.1) is 17.7 Å². The van der Waals surface area contributed by atoms with Crippen molar-refractivity contribution in [2.24, 2.45) is 28.3 Å². The number of pyridine rings is 1.